The molecular formula is C23H25FN6O3. The lowest BCUT2D eigenvalue weighted by atomic mass is 9.89. The van der Waals surface area contributed by atoms with Crippen LogP contribution in [0, 0.1) is 5.82 Å². The van der Waals surface area contributed by atoms with E-state index < -0.39 is 11.7 Å². The van der Waals surface area contributed by atoms with Crippen LogP contribution >= 0.6 is 0 Å². The Morgan fingerprint density at radius 1 is 1.39 bits per heavy atom. The number of anilines is 1. The van der Waals surface area contributed by atoms with E-state index in [4.69, 9.17) is 9.15 Å². The second kappa shape index (κ2) is 9.78. The van der Waals surface area contributed by atoms with E-state index in [1.807, 2.05) is 13.8 Å². The fraction of sp³-hybridized carbons (Fsp3) is 0.304. The summed E-state index contributed by atoms with van der Waals surface area (Å²) in [5.74, 6) is -0.264. The molecule has 2 N–H and O–H groups in total. The van der Waals surface area contributed by atoms with Crippen LogP contribution in [0.5, 0.6) is 0 Å². The zero-order valence-electron chi connectivity index (χ0n) is 18.4. The van der Waals surface area contributed by atoms with Crippen LogP contribution in [0.3, 0.4) is 0 Å². The molecule has 1 aliphatic rings. The molecule has 0 aromatic carbocycles. The SMILES string of the molecule is C=NN/C=C(\C)c1ccc(C(=O)Nc2cn([C@H]3C[C@@H](OCC)C3)nc2-c2cc(F)ccn2)o1. The summed E-state index contributed by atoms with van der Waals surface area (Å²) in [6.45, 7) is 7.78. The molecule has 1 saturated carbocycles. The number of carbonyl (C=O) groups is 1. The highest BCUT2D eigenvalue weighted by Gasteiger charge is 2.32. The van der Waals surface area contributed by atoms with Crippen molar-refractivity contribution in [1.82, 2.24) is 20.2 Å². The van der Waals surface area contributed by atoms with Crippen LogP contribution in [-0.4, -0.2) is 40.1 Å². The predicted molar refractivity (Wildman–Crippen MR) is 122 cm³/mol. The smallest absolute Gasteiger partial charge is 0.291 e. The highest BCUT2D eigenvalue weighted by atomic mass is 19.1. The van der Waals surface area contributed by atoms with Crippen molar-refractivity contribution < 1.29 is 18.3 Å². The molecule has 1 fully saturated rings. The van der Waals surface area contributed by atoms with Gasteiger partial charge in [0.05, 0.1) is 23.5 Å². The largest absolute Gasteiger partial charge is 0.451 e. The monoisotopic (exact) mass is 452 g/mol. The molecule has 0 unspecified atom stereocenters. The number of nitrogens with zero attached hydrogens (tertiary/aromatic N) is 4. The summed E-state index contributed by atoms with van der Waals surface area (Å²) in [5.41, 5.74) is 4.49. The van der Waals surface area contributed by atoms with Crippen LogP contribution in [-0.2, 0) is 4.74 Å². The number of pyridine rings is 1. The fourth-order valence-corrected chi connectivity index (χ4v) is 3.59. The Kier molecular flexibility index (Phi) is 6.64. The van der Waals surface area contributed by atoms with Crippen LogP contribution in [0.1, 0.15) is 49.0 Å². The molecule has 3 aromatic rings. The maximum atomic E-state index is 13.8. The van der Waals surface area contributed by atoms with Crippen molar-refractivity contribution in [2.45, 2.75) is 38.8 Å². The molecule has 172 valence electrons. The predicted octanol–water partition coefficient (Wildman–Crippen LogP) is 4.24. The Morgan fingerprint density at radius 2 is 2.18 bits per heavy atom. The zero-order chi connectivity index (χ0) is 23.4. The maximum absolute atomic E-state index is 13.8. The van der Waals surface area contributed by atoms with Gasteiger partial charge < -0.3 is 14.5 Å². The van der Waals surface area contributed by atoms with Gasteiger partial charge in [-0.2, -0.15) is 10.2 Å². The first-order valence-corrected chi connectivity index (χ1v) is 10.6. The van der Waals surface area contributed by atoms with Crippen LogP contribution < -0.4 is 10.7 Å². The first kappa shape index (κ1) is 22.4. The highest BCUT2D eigenvalue weighted by Crippen LogP contribution is 2.37. The Morgan fingerprint density at radius 3 is 2.91 bits per heavy atom. The second-order valence-corrected chi connectivity index (χ2v) is 7.67. The zero-order valence-corrected chi connectivity index (χ0v) is 18.4. The van der Waals surface area contributed by atoms with Crippen LogP contribution in [0.25, 0.3) is 17.0 Å². The van der Waals surface area contributed by atoms with E-state index >= 15 is 0 Å². The molecule has 9 nitrogen and oxygen atoms in total. The van der Waals surface area contributed by atoms with E-state index in [0.717, 1.165) is 18.4 Å². The lowest BCUT2D eigenvalue weighted by molar-refractivity contribution is -0.0226. The number of halogens is 1. The lowest BCUT2D eigenvalue weighted by Gasteiger charge is -2.34. The van der Waals surface area contributed by atoms with E-state index in [0.29, 0.717) is 29.4 Å². The second-order valence-electron chi connectivity index (χ2n) is 7.67. The van der Waals surface area contributed by atoms with E-state index in [2.05, 4.69) is 32.6 Å². The highest BCUT2D eigenvalue weighted by molar-refractivity contribution is 6.04. The summed E-state index contributed by atoms with van der Waals surface area (Å²) in [7, 11) is 0. The molecule has 0 radical (unpaired) electrons. The molecule has 0 aliphatic heterocycles. The van der Waals surface area contributed by atoms with Gasteiger partial charge in [0.25, 0.3) is 5.91 Å². The van der Waals surface area contributed by atoms with Gasteiger partial charge in [0.1, 0.15) is 17.3 Å². The maximum Gasteiger partial charge on any atom is 0.291 e. The van der Waals surface area contributed by atoms with Gasteiger partial charge in [0.15, 0.2) is 5.76 Å². The third-order valence-electron chi connectivity index (χ3n) is 5.38. The summed E-state index contributed by atoms with van der Waals surface area (Å²) in [6.07, 6.45) is 6.55. The van der Waals surface area contributed by atoms with Crippen LogP contribution in [0.4, 0.5) is 10.1 Å². The van der Waals surface area contributed by atoms with Gasteiger partial charge in [-0.1, -0.05) is 0 Å². The number of hydrogen-bond acceptors (Lipinski definition) is 7. The molecule has 0 saturated heterocycles. The van der Waals surface area contributed by atoms with Crippen molar-refractivity contribution in [1.29, 1.82) is 0 Å². The molecule has 0 bridgehead atoms. The average molecular weight is 452 g/mol. The number of amides is 1. The van der Waals surface area contributed by atoms with Crippen molar-refractivity contribution in [3.8, 4) is 11.4 Å². The van der Waals surface area contributed by atoms with E-state index in [1.54, 1.807) is 29.2 Å². The number of carbonyl (C=O) groups excluding carboxylic acids is 1. The van der Waals surface area contributed by atoms with E-state index in [9.17, 15) is 9.18 Å². The third-order valence-corrected chi connectivity index (χ3v) is 5.38. The van der Waals surface area contributed by atoms with Gasteiger partial charge in [-0.3, -0.25) is 19.9 Å². The molecule has 0 atom stereocenters. The Hall–Kier alpha value is -3.79. The molecule has 3 heterocycles. The van der Waals surface area contributed by atoms with E-state index in [1.165, 1.54) is 18.3 Å². The van der Waals surface area contributed by atoms with Crippen molar-refractivity contribution in [2.75, 3.05) is 11.9 Å². The van der Waals surface area contributed by atoms with Gasteiger partial charge in [0.2, 0.25) is 0 Å². The van der Waals surface area contributed by atoms with E-state index in [-0.39, 0.29) is 17.9 Å². The number of furan rings is 1. The van der Waals surface area contributed by atoms with Crippen molar-refractivity contribution in [3.05, 3.63) is 60.2 Å². The quantitative estimate of drug-likeness (QED) is 0.372. The first-order chi connectivity index (χ1) is 16.0. The molecule has 4 rings (SSSR count). The summed E-state index contributed by atoms with van der Waals surface area (Å²) >= 11 is 0. The van der Waals surface area contributed by atoms with Crippen molar-refractivity contribution in [2.24, 2.45) is 5.10 Å². The number of allylic oxidation sites excluding steroid dienone is 1. The lowest BCUT2D eigenvalue weighted by Crippen LogP contribution is -2.33. The summed E-state index contributed by atoms with van der Waals surface area (Å²) in [4.78, 5) is 17.1. The summed E-state index contributed by atoms with van der Waals surface area (Å²) in [5, 5.41) is 11.0. The first-order valence-electron chi connectivity index (χ1n) is 10.6. The van der Waals surface area contributed by atoms with Gasteiger partial charge in [-0.25, -0.2) is 4.39 Å². The minimum atomic E-state index is -0.457. The summed E-state index contributed by atoms with van der Waals surface area (Å²) < 4.78 is 26.9. The van der Waals surface area contributed by atoms with Crippen LogP contribution in [0.15, 0.2) is 52.4 Å². The molecule has 3 aromatic heterocycles. The number of hydrazone groups is 1. The number of aromatic nitrogens is 3. The fourth-order valence-electron chi connectivity index (χ4n) is 3.59. The summed E-state index contributed by atoms with van der Waals surface area (Å²) in [6, 6.07) is 5.94. The number of hydrogen-bond donors (Lipinski definition) is 2. The molecule has 10 heteroatoms. The van der Waals surface area contributed by atoms with Crippen LogP contribution in [0.2, 0.25) is 0 Å². The van der Waals surface area contributed by atoms with Gasteiger partial charge in [-0.05, 0) is 44.9 Å². The topological polar surface area (TPSA) is 107 Å². The minimum Gasteiger partial charge on any atom is -0.451 e. The molecule has 0 spiro atoms. The molecule has 33 heavy (non-hydrogen) atoms. The standard InChI is InChI=1S/C23H25FN6O3/c1-4-32-17-10-16(11-17)30-13-19(22(29-30)18-9-15(24)7-8-26-18)28-23(31)21-6-5-20(33-21)14(2)12-27-25-3/h5-9,12-13,16-17,27H,3-4,10-11H2,1-2H3,(H,28,31)/b14-12+/t16-,17+. The van der Waals surface area contributed by atoms with Gasteiger partial charge >= 0.3 is 0 Å². The number of nitrogens with one attached hydrogen (secondary N) is 2. The third kappa shape index (κ3) is 5.01. The van der Waals surface area contributed by atoms with Gasteiger partial charge in [0, 0.05) is 43.6 Å². The number of rotatable bonds is 9. The molecule has 1 aliphatic carbocycles. The Labute approximate surface area is 190 Å². The van der Waals surface area contributed by atoms with Crippen molar-refractivity contribution in [3.63, 3.8) is 0 Å². The Bertz CT molecular complexity index is 1180. The molecule has 1 amide bonds. The number of ether oxygens (including phenoxy) is 1. The Balaban J connectivity index is 1.58. The normalized spacial score (nSPS) is 18.0. The van der Waals surface area contributed by atoms with Crippen molar-refractivity contribution >= 4 is 23.9 Å². The van der Waals surface area contributed by atoms with Gasteiger partial charge in [-0.15, -0.1) is 0 Å². The minimum absolute atomic E-state index is 0.121. The molecular weight excluding hydrogens is 427 g/mol. The average Bonchev–Trinajstić information content (AvgIpc) is 3.42.